The Kier molecular flexibility index (Phi) is 4.90. The lowest BCUT2D eigenvalue weighted by Gasteiger charge is -2.10. The number of amides is 1. The molecule has 0 aliphatic rings. The molecule has 7 nitrogen and oxygen atoms in total. The summed E-state index contributed by atoms with van der Waals surface area (Å²) in [5, 5.41) is 4.27. The van der Waals surface area contributed by atoms with Crippen LogP contribution in [0.2, 0.25) is 0 Å². The Morgan fingerprint density at radius 1 is 1.36 bits per heavy atom. The van der Waals surface area contributed by atoms with Crippen molar-refractivity contribution in [3.63, 3.8) is 0 Å². The fourth-order valence-corrected chi connectivity index (χ4v) is 2.05. The second-order valence-electron chi connectivity index (χ2n) is 4.50. The summed E-state index contributed by atoms with van der Waals surface area (Å²) in [5.41, 5.74) is 2.71. The highest BCUT2D eigenvalue weighted by Gasteiger charge is 2.15. The van der Waals surface area contributed by atoms with Crippen LogP contribution in [0.3, 0.4) is 0 Å². The van der Waals surface area contributed by atoms with Crippen LogP contribution in [0.5, 0.6) is 5.75 Å². The normalized spacial score (nSPS) is 10.3. The topological polar surface area (TPSA) is 99.2 Å². The molecule has 0 unspecified atom stereocenters. The Balaban J connectivity index is 2.58. The molecule has 0 radical (unpaired) electrons. The fourth-order valence-electron chi connectivity index (χ4n) is 2.05. The zero-order valence-corrected chi connectivity index (χ0v) is 12.5. The van der Waals surface area contributed by atoms with E-state index < -0.39 is 11.5 Å². The minimum absolute atomic E-state index is 0.0452. The van der Waals surface area contributed by atoms with Gasteiger partial charge < -0.3 is 4.74 Å². The Morgan fingerprint density at radius 2 is 2.14 bits per heavy atom. The molecule has 0 fully saturated rings. The number of aromatic nitrogens is 2. The Hall–Kier alpha value is -2.67. The van der Waals surface area contributed by atoms with Crippen LogP contribution < -0.4 is 21.6 Å². The number of hydrogen-bond acceptors (Lipinski definition) is 5. The third kappa shape index (κ3) is 3.15. The monoisotopic (exact) mass is 302 g/mol. The van der Waals surface area contributed by atoms with Crippen LogP contribution in [-0.2, 0) is 6.54 Å². The van der Waals surface area contributed by atoms with Gasteiger partial charge in [-0.3, -0.25) is 15.0 Å². The number of rotatable bonds is 5. The SMILES string of the molecule is CCOc1cccc(-c2cc(C(=O)NN)c(=O)n(CC)n2)c1. The van der Waals surface area contributed by atoms with Gasteiger partial charge in [0.05, 0.1) is 12.3 Å². The molecule has 116 valence electrons. The van der Waals surface area contributed by atoms with E-state index in [4.69, 9.17) is 10.6 Å². The highest BCUT2D eigenvalue weighted by atomic mass is 16.5. The maximum absolute atomic E-state index is 12.1. The third-order valence-electron chi connectivity index (χ3n) is 3.09. The molecule has 0 bridgehead atoms. The predicted octanol–water partition coefficient (Wildman–Crippen LogP) is 0.932. The largest absolute Gasteiger partial charge is 0.494 e. The van der Waals surface area contributed by atoms with E-state index in [1.165, 1.54) is 10.7 Å². The second kappa shape index (κ2) is 6.86. The van der Waals surface area contributed by atoms with Crippen molar-refractivity contribution in [2.45, 2.75) is 20.4 Å². The molecule has 2 aromatic rings. The number of nitrogens with one attached hydrogen (secondary N) is 1. The van der Waals surface area contributed by atoms with Crippen molar-refractivity contribution in [1.82, 2.24) is 15.2 Å². The Morgan fingerprint density at radius 3 is 2.77 bits per heavy atom. The maximum atomic E-state index is 12.1. The summed E-state index contributed by atoms with van der Waals surface area (Å²) in [4.78, 5) is 23.9. The van der Waals surface area contributed by atoms with E-state index in [0.29, 0.717) is 24.6 Å². The minimum atomic E-state index is -0.642. The number of nitrogen functional groups attached to an aromatic ring is 1. The molecule has 1 amide bonds. The van der Waals surface area contributed by atoms with Crippen molar-refractivity contribution in [2.75, 3.05) is 6.61 Å². The van der Waals surface area contributed by atoms with Gasteiger partial charge in [-0.15, -0.1) is 0 Å². The molecule has 0 spiro atoms. The van der Waals surface area contributed by atoms with Gasteiger partial charge in [-0.05, 0) is 32.0 Å². The quantitative estimate of drug-likeness (QED) is 0.486. The smallest absolute Gasteiger partial charge is 0.279 e. The van der Waals surface area contributed by atoms with E-state index in [-0.39, 0.29) is 5.56 Å². The van der Waals surface area contributed by atoms with Gasteiger partial charge in [0, 0.05) is 12.1 Å². The van der Waals surface area contributed by atoms with E-state index in [9.17, 15) is 9.59 Å². The molecule has 1 heterocycles. The molecule has 0 saturated heterocycles. The van der Waals surface area contributed by atoms with E-state index in [1.54, 1.807) is 13.0 Å². The van der Waals surface area contributed by atoms with Gasteiger partial charge >= 0.3 is 0 Å². The van der Waals surface area contributed by atoms with Crippen LogP contribution in [-0.4, -0.2) is 22.3 Å². The van der Waals surface area contributed by atoms with Crippen molar-refractivity contribution < 1.29 is 9.53 Å². The van der Waals surface area contributed by atoms with Crippen LogP contribution in [0.1, 0.15) is 24.2 Å². The number of nitrogens with two attached hydrogens (primary N) is 1. The number of carbonyl (C=O) groups excluding carboxylic acids is 1. The molecule has 0 saturated carbocycles. The molecule has 1 aromatic heterocycles. The summed E-state index contributed by atoms with van der Waals surface area (Å²) in [6.07, 6.45) is 0. The van der Waals surface area contributed by atoms with Crippen molar-refractivity contribution in [3.8, 4) is 17.0 Å². The summed E-state index contributed by atoms with van der Waals surface area (Å²) >= 11 is 0. The third-order valence-corrected chi connectivity index (χ3v) is 3.09. The summed E-state index contributed by atoms with van der Waals surface area (Å²) < 4.78 is 6.68. The van der Waals surface area contributed by atoms with Crippen molar-refractivity contribution in [3.05, 3.63) is 46.2 Å². The van der Waals surface area contributed by atoms with Crippen molar-refractivity contribution in [2.24, 2.45) is 5.84 Å². The second-order valence-corrected chi connectivity index (χ2v) is 4.50. The van der Waals surface area contributed by atoms with Gasteiger partial charge in [0.15, 0.2) is 0 Å². The predicted molar refractivity (Wildman–Crippen MR) is 82.4 cm³/mol. The van der Waals surface area contributed by atoms with E-state index in [0.717, 1.165) is 5.56 Å². The number of hydrogen-bond donors (Lipinski definition) is 2. The van der Waals surface area contributed by atoms with Gasteiger partial charge in [-0.25, -0.2) is 10.5 Å². The summed E-state index contributed by atoms with van der Waals surface area (Å²) in [6.45, 7) is 4.57. The summed E-state index contributed by atoms with van der Waals surface area (Å²) in [6, 6.07) is 8.73. The molecular weight excluding hydrogens is 284 g/mol. The lowest BCUT2D eigenvalue weighted by molar-refractivity contribution is 0.0951. The average Bonchev–Trinajstić information content (AvgIpc) is 2.55. The number of ether oxygens (including phenoxy) is 1. The number of aryl methyl sites for hydroxylation is 1. The van der Waals surface area contributed by atoms with Crippen molar-refractivity contribution in [1.29, 1.82) is 0 Å². The van der Waals surface area contributed by atoms with Crippen LogP contribution in [0, 0.1) is 0 Å². The molecule has 1 aromatic carbocycles. The van der Waals surface area contributed by atoms with Gasteiger partial charge in [0.2, 0.25) is 0 Å². The summed E-state index contributed by atoms with van der Waals surface area (Å²) in [5.74, 6) is 5.18. The first-order valence-electron chi connectivity index (χ1n) is 6.97. The average molecular weight is 302 g/mol. The highest BCUT2D eigenvalue weighted by Crippen LogP contribution is 2.22. The molecule has 2 rings (SSSR count). The van der Waals surface area contributed by atoms with Gasteiger partial charge in [-0.1, -0.05) is 12.1 Å². The van der Waals surface area contributed by atoms with E-state index in [1.807, 2.05) is 30.5 Å². The molecule has 3 N–H and O–H groups in total. The maximum Gasteiger partial charge on any atom is 0.279 e. The molecule has 0 aliphatic heterocycles. The molecule has 7 heteroatoms. The molecular formula is C15H18N4O3. The first kappa shape index (κ1) is 15.7. The number of hydrazine groups is 1. The van der Waals surface area contributed by atoms with Crippen LogP contribution in [0.15, 0.2) is 35.1 Å². The number of benzene rings is 1. The number of nitrogens with zero attached hydrogens (tertiary/aromatic N) is 2. The Bertz CT molecular complexity index is 740. The fraction of sp³-hybridized carbons (Fsp3) is 0.267. The number of carbonyl (C=O) groups is 1. The van der Waals surface area contributed by atoms with Crippen molar-refractivity contribution >= 4 is 5.91 Å². The Labute approximate surface area is 127 Å². The van der Waals surface area contributed by atoms with Gasteiger partial charge in [-0.2, -0.15) is 5.10 Å². The first-order valence-corrected chi connectivity index (χ1v) is 6.97. The van der Waals surface area contributed by atoms with Gasteiger partial charge in [0.25, 0.3) is 11.5 Å². The van der Waals surface area contributed by atoms with Crippen LogP contribution in [0.4, 0.5) is 0 Å². The lowest BCUT2D eigenvalue weighted by Crippen LogP contribution is -2.37. The van der Waals surface area contributed by atoms with Crippen LogP contribution in [0.25, 0.3) is 11.3 Å². The molecule has 22 heavy (non-hydrogen) atoms. The van der Waals surface area contributed by atoms with Crippen LogP contribution >= 0.6 is 0 Å². The zero-order chi connectivity index (χ0) is 16.1. The zero-order valence-electron chi connectivity index (χ0n) is 12.5. The minimum Gasteiger partial charge on any atom is -0.494 e. The first-order chi connectivity index (χ1) is 10.6. The molecule has 0 aliphatic carbocycles. The highest BCUT2D eigenvalue weighted by molar-refractivity contribution is 5.94. The van der Waals surface area contributed by atoms with Gasteiger partial charge in [0.1, 0.15) is 11.3 Å². The lowest BCUT2D eigenvalue weighted by atomic mass is 10.1. The standard InChI is InChI=1S/C15H18N4O3/c1-3-19-15(21)12(14(20)17-16)9-13(18-19)10-6-5-7-11(8-10)22-4-2/h5-9H,3-4,16H2,1-2H3,(H,17,20). The molecule has 0 atom stereocenters. The van der Waals surface area contributed by atoms with E-state index >= 15 is 0 Å². The van der Waals surface area contributed by atoms with E-state index in [2.05, 4.69) is 5.10 Å². The summed E-state index contributed by atoms with van der Waals surface area (Å²) in [7, 11) is 0.